The van der Waals surface area contributed by atoms with Crippen LogP contribution in [0.15, 0.2) is 48.5 Å². The number of nitrogens with zero attached hydrogens (tertiary/aromatic N) is 1. The number of urea groups is 1. The summed E-state index contributed by atoms with van der Waals surface area (Å²) < 4.78 is 25.0. The van der Waals surface area contributed by atoms with Crippen molar-refractivity contribution in [2.24, 2.45) is 0 Å². The third kappa shape index (κ3) is 5.46. The van der Waals surface area contributed by atoms with E-state index in [1.807, 2.05) is 48.5 Å². The third-order valence-corrected chi connectivity index (χ3v) is 5.94. The van der Waals surface area contributed by atoms with Gasteiger partial charge in [0.15, 0.2) is 0 Å². The standard InChI is InChI=1S/C20H26N4O3S/c1-28(26,27)24-14-11-18-16(15-24)7-5-10-19(18)23-20(25)22-13-6-12-21-17-8-3-2-4-9-17/h2-5,7-10,21H,6,11-15H2,1H3,(H2,22,23,25). The molecule has 2 amide bonds. The lowest BCUT2D eigenvalue weighted by atomic mass is 9.99. The fourth-order valence-electron chi connectivity index (χ4n) is 3.23. The predicted octanol–water partition coefficient (Wildman–Crippen LogP) is 2.63. The molecule has 28 heavy (non-hydrogen) atoms. The minimum Gasteiger partial charge on any atom is -0.385 e. The van der Waals surface area contributed by atoms with Crippen LogP contribution < -0.4 is 16.0 Å². The zero-order chi connectivity index (χ0) is 20.0. The largest absolute Gasteiger partial charge is 0.385 e. The number of hydrogen-bond donors (Lipinski definition) is 3. The molecule has 8 heteroatoms. The number of carbonyl (C=O) groups excluding carboxylic acids is 1. The van der Waals surface area contributed by atoms with Crippen LogP contribution in [0.3, 0.4) is 0 Å². The van der Waals surface area contributed by atoms with E-state index in [9.17, 15) is 13.2 Å². The number of amides is 2. The Labute approximate surface area is 166 Å². The molecule has 0 aromatic heterocycles. The summed E-state index contributed by atoms with van der Waals surface area (Å²) in [7, 11) is -3.21. The van der Waals surface area contributed by atoms with Gasteiger partial charge in [0.25, 0.3) is 0 Å². The number of fused-ring (bicyclic) bond motifs is 1. The first-order valence-electron chi connectivity index (χ1n) is 9.33. The first-order valence-corrected chi connectivity index (χ1v) is 11.2. The molecular weight excluding hydrogens is 376 g/mol. The molecule has 0 fully saturated rings. The van der Waals surface area contributed by atoms with E-state index in [1.165, 1.54) is 10.6 Å². The molecule has 0 saturated carbocycles. The summed E-state index contributed by atoms with van der Waals surface area (Å²) in [6.45, 7) is 2.10. The highest BCUT2D eigenvalue weighted by atomic mass is 32.2. The first-order chi connectivity index (χ1) is 13.4. The lowest BCUT2D eigenvalue weighted by molar-refractivity contribution is 0.252. The molecule has 0 spiro atoms. The van der Waals surface area contributed by atoms with Gasteiger partial charge in [-0.3, -0.25) is 0 Å². The number of nitrogens with one attached hydrogen (secondary N) is 3. The molecule has 0 bridgehead atoms. The molecule has 2 aromatic rings. The summed E-state index contributed by atoms with van der Waals surface area (Å²) in [5.41, 5.74) is 3.74. The Kier molecular flexibility index (Phi) is 6.53. The lowest BCUT2D eigenvalue weighted by Crippen LogP contribution is -2.36. The fraction of sp³-hybridized carbons (Fsp3) is 0.350. The Morgan fingerprint density at radius 2 is 1.86 bits per heavy atom. The fourth-order valence-corrected chi connectivity index (χ4v) is 4.03. The molecule has 3 N–H and O–H groups in total. The second-order valence-corrected chi connectivity index (χ2v) is 8.80. The van der Waals surface area contributed by atoms with Crippen LogP contribution in [0.4, 0.5) is 16.2 Å². The number of hydrogen-bond acceptors (Lipinski definition) is 4. The van der Waals surface area contributed by atoms with Crippen LogP contribution >= 0.6 is 0 Å². The summed E-state index contributed by atoms with van der Waals surface area (Å²) in [5, 5.41) is 9.05. The Morgan fingerprint density at radius 1 is 1.07 bits per heavy atom. The van der Waals surface area contributed by atoms with Crippen LogP contribution in [0, 0.1) is 0 Å². The Morgan fingerprint density at radius 3 is 2.61 bits per heavy atom. The van der Waals surface area contributed by atoms with Crippen molar-refractivity contribution >= 4 is 27.4 Å². The average molecular weight is 403 g/mol. The molecule has 3 rings (SSSR count). The molecule has 1 heterocycles. The van der Waals surface area contributed by atoms with Gasteiger partial charge in [-0.1, -0.05) is 30.3 Å². The van der Waals surface area contributed by atoms with Crippen LogP contribution in [0.1, 0.15) is 17.5 Å². The van der Waals surface area contributed by atoms with Crippen molar-refractivity contribution in [1.82, 2.24) is 9.62 Å². The van der Waals surface area contributed by atoms with E-state index in [2.05, 4.69) is 16.0 Å². The number of benzene rings is 2. The van der Waals surface area contributed by atoms with Gasteiger partial charge in [-0.2, -0.15) is 4.31 Å². The van der Waals surface area contributed by atoms with Gasteiger partial charge in [-0.05, 0) is 42.2 Å². The summed E-state index contributed by atoms with van der Waals surface area (Å²) in [6, 6.07) is 15.3. The zero-order valence-electron chi connectivity index (χ0n) is 15.9. The average Bonchev–Trinajstić information content (AvgIpc) is 2.67. The van der Waals surface area contributed by atoms with Gasteiger partial charge in [-0.25, -0.2) is 13.2 Å². The normalized spacial score (nSPS) is 14.2. The smallest absolute Gasteiger partial charge is 0.319 e. The molecule has 0 saturated heterocycles. The zero-order valence-corrected chi connectivity index (χ0v) is 16.8. The first kappa shape index (κ1) is 20.2. The lowest BCUT2D eigenvalue weighted by Gasteiger charge is -2.28. The molecule has 0 radical (unpaired) electrons. The summed E-state index contributed by atoms with van der Waals surface area (Å²) in [4.78, 5) is 12.2. The topological polar surface area (TPSA) is 90.5 Å². The Hall–Kier alpha value is -2.58. The highest BCUT2D eigenvalue weighted by Crippen LogP contribution is 2.27. The van der Waals surface area contributed by atoms with Gasteiger partial charge >= 0.3 is 6.03 Å². The van der Waals surface area contributed by atoms with Gasteiger partial charge in [0.05, 0.1) is 6.26 Å². The van der Waals surface area contributed by atoms with E-state index in [1.54, 1.807) is 0 Å². The molecule has 2 aromatic carbocycles. The van der Waals surface area contributed by atoms with E-state index >= 15 is 0 Å². The minimum absolute atomic E-state index is 0.251. The van der Waals surface area contributed by atoms with Gasteiger partial charge in [0.2, 0.25) is 10.0 Å². The van der Waals surface area contributed by atoms with Crippen molar-refractivity contribution in [3.8, 4) is 0 Å². The van der Waals surface area contributed by atoms with Gasteiger partial charge in [0.1, 0.15) is 0 Å². The highest BCUT2D eigenvalue weighted by Gasteiger charge is 2.24. The molecule has 7 nitrogen and oxygen atoms in total. The molecule has 0 atom stereocenters. The molecular formula is C20H26N4O3S. The molecule has 1 aliphatic rings. The van der Waals surface area contributed by atoms with E-state index in [4.69, 9.17) is 0 Å². The van der Waals surface area contributed by atoms with Crippen molar-refractivity contribution in [3.63, 3.8) is 0 Å². The summed E-state index contributed by atoms with van der Waals surface area (Å²) >= 11 is 0. The summed E-state index contributed by atoms with van der Waals surface area (Å²) in [6.07, 6.45) is 2.61. The van der Waals surface area contributed by atoms with Gasteiger partial charge in [0, 0.05) is 37.6 Å². The van der Waals surface area contributed by atoms with Crippen molar-refractivity contribution < 1.29 is 13.2 Å². The number of rotatable bonds is 7. The number of carbonyl (C=O) groups is 1. The SMILES string of the molecule is CS(=O)(=O)N1CCc2c(cccc2NC(=O)NCCCNc2ccccc2)C1. The van der Waals surface area contributed by atoms with Gasteiger partial charge < -0.3 is 16.0 Å². The van der Waals surface area contributed by atoms with E-state index in [0.29, 0.717) is 26.1 Å². The number of anilines is 2. The van der Waals surface area contributed by atoms with Crippen molar-refractivity contribution in [2.45, 2.75) is 19.4 Å². The molecule has 150 valence electrons. The molecule has 0 aliphatic carbocycles. The summed E-state index contributed by atoms with van der Waals surface area (Å²) in [5.74, 6) is 0. The second-order valence-electron chi connectivity index (χ2n) is 6.82. The Balaban J connectivity index is 1.47. The monoisotopic (exact) mass is 402 g/mol. The quantitative estimate of drug-likeness (QED) is 0.621. The highest BCUT2D eigenvalue weighted by molar-refractivity contribution is 7.88. The van der Waals surface area contributed by atoms with Crippen LogP contribution in [0.25, 0.3) is 0 Å². The van der Waals surface area contributed by atoms with Crippen molar-refractivity contribution in [3.05, 3.63) is 59.7 Å². The number of sulfonamides is 1. The maximum atomic E-state index is 12.2. The van der Waals surface area contributed by atoms with Crippen LogP contribution in [0.5, 0.6) is 0 Å². The van der Waals surface area contributed by atoms with Crippen LogP contribution in [-0.4, -0.2) is 44.6 Å². The van der Waals surface area contributed by atoms with E-state index < -0.39 is 10.0 Å². The van der Waals surface area contributed by atoms with E-state index in [-0.39, 0.29) is 6.03 Å². The molecule has 1 aliphatic heterocycles. The van der Waals surface area contributed by atoms with Crippen LogP contribution in [0.2, 0.25) is 0 Å². The number of para-hydroxylation sites is 1. The third-order valence-electron chi connectivity index (χ3n) is 4.69. The maximum Gasteiger partial charge on any atom is 0.319 e. The minimum atomic E-state index is -3.21. The molecule has 0 unspecified atom stereocenters. The van der Waals surface area contributed by atoms with Crippen molar-refractivity contribution in [2.75, 3.05) is 36.5 Å². The van der Waals surface area contributed by atoms with Crippen LogP contribution in [-0.2, 0) is 23.0 Å². The predicted molar refractivity (Wildman–Crippen MR) is 112 cm³/mol. The van der Waals surface area contributed by atoms with Crippen molar-refractivity contribution in [1.29, 1.82) is 0 Å². The van der Waals surface area contributed by atoms with E-state index in [0.717, 1.165) is 35.5 Å². The van der Waals surface area contributed by atoms with Gasteiger partial charge in [-0.15, -0.1) is 0 Å². The Bertz CT molecular complexity index is 916. The maximum absolute atomic E-state index is 12.2. The second kappa shape index (κ2) is 9.07.